The predicted molar refractivity (Wildman–Crippen MR) is 132 cm³/mol. The lowest BCUT2D eigenvalue weighted by molar-refractivity contribution is -0.142. The Bertz CT molecular complexity index is 1230. The Hall–Kier alpha value is -4.26. The van der Waals surface area contributed by atoms with Gasteiger partial charge in [0.25, 0.3) is 5.91 Å². The monoisotopic (exact) mass is 458 g/mol. The number of carbonyl (C=O) groups is 2. The lowest BCUT2D eigenvalue weighted by Gasteiger charge is -2.16. The van der Waals surface area contributed by atoms with E-state index < -0.39 is 0 Å². The zero-order valence-corrected chi connectivity index (χ0v) is 19.3. The Morgan fingerprint density at radius 2 is 1.62 bits per heavy atom. The SMILES string of the molecule is CCOC(=O)Cc1ccc(N/C(=C2/C(=O)Nc3cc(OC)c(OC)cc32)c2ccccc2)cc1. The molecule has 34 heavy (non-hydrogen) atoms. The Labute approximate surface area is 198 Å². The average molecular weight is 459 g/mol. The molecule has 1 amide bonds. The van der Waals surface area contributed by atoms with Gasteiger partial charge in [-0.25, -0.2) is 0 Å². The smallest absolute Gasteiger partial charge is 0.310 e. The first-order valence-electron chi connectivity index (χ1n) is 10.9. The van der Waals surface area contributed by atoms with E-state index in [4.69, 9.17) is 14.2 Å². The normalized spacial score (nSPS) is 13.6. The summed E-state index contributed by atoms with van der Waals surface area (Å²) in [6.07, 6.45) is 0.207. The standard InChI is InChI=1S/C27H26N2O5/c1-4-34-24(30)14-17-10-12-19(13-11-17)28-26(18-8-6-5-7-9-18)25-20-15-22(32-2)23(33-3)16-21(20)29-27(25)31/h5-13,15-16,28H,4,14H2,1-3H3,(H,29,31)/b26-25+. The van der Waals surface area contributed by atoms with Crippen LogP contribution in [0.15, 0.2) is 66.7 Å². The quantitative estimate of drug-likeness (QED) is 0.375. The fraction of sp³-hybridized carbons (Fsp3) is 0.185. The van der Waals surface area contributed by atoms with Crippen LogP contribution in [0.1, 0.15) is 23.6 Å². The summed E-state index contributed by atoms with van der Waals surface area (Å²) >= 11 is 0. The Morgan fingerprint density at radius 1 is 0.941 bits per heavy atom. The minimum atomic E-state index is -0.265. The van der Waals surface area contributed by atoms with Gasteiger partial charge in [-0.15, -0.1) is 0 Å². The van der Waals surface area contributed by atoms with E-state index in [0.29, 0.717) is 40.6 Å². The van der Waals surface area contributed by atoms with Gasteiger partial charge in [-0.1, -0.05) is 42.5 Å². The first kappa shape index (κ1) is 22.9. The summed E-state index contributed by atoms with van der Waals surface area (Å²) in [5, 5.41) is 6.34. The second-order valence-electron chi connectivity index (χ2n) is 7.63. The van der Waals surface area contributed by atoms with E-state index in [0.717, 1.165) is 16.8 Å². The molecule has 7 nitrogen and oxygen atoms in total. The number of methoxy groups -OCH3 is 2. The van der Waals surface area contributed by atoms with Crippen molar-refractivity contribution in [2.75, 3.05) is 31.5 Å². The van der Waals surface area contributed by atoms with Crippen LogP contribution in [0.2, 0.25) is 0 Å². The highest BCUT2D eigenvalue weighted by Crippen LogP contribution is 2.43. The molecule has 7 heteroatoms. The van der Waals surface area contributed by atoms with Crippen molar-refractivity contribution in [3.05, 3.63) is 83.4 Å². The number of benzene rings is 3. The third kappa shape index (κ3) is 4.73. The number of hydrogen-bond donors (Lipinski definition) is 2. The van der Waals surface area contributed by atoms with Gasteiger partial charge in [-0.05, 0) is 36.2 Å². The number of rotatable bonds is 8. The molecule has 0 radical (unpaired) electrons. The molecule has 0 atom stereocenters. The van der Waals surface area contributed by atoms with E-state index in [9.17, 15) is 9.59 Å². The molecule has 1 aliphatic rings. The minimum absolute atomic E-state index is 0.207. The highest BCUT2D eigenvalue weighted by molar-refractivity contribution is 6.37. The van der Waals surface area contributed by atoms with Crippen LogP contribution in [-0.4, -0.2) is 32.7 Å². The molecule has 0 saturated carbocycles. The van der Waals surface area contributed by atoms with Crippen LogP contribution < -0.4 is 20.1 Å². The molecule has 0 fully saturated rings. The van der Waals surface area contributed by atoms with Crippen molar-refractivity contribution in [2.24, 2.45) is 0 Å². The summed E-state index contributed by atoms with van der Waals surface area (Å²) in [4.78, 5) is 24.9. The van der Waals surface area contributed by atoms with Gasteiger partial charge in [0.15, 0.2) is 11.5 Å². The first-order valence-corrected chi connectivity index (χ1v) is 10.9. The lowest BCUT2D eigenvalue weighted by atomic mass is 9.99. The topological polar surface area (TPSA) is 85.9 Å². The van der Waals surface area contributed by atoms with Crippen molar-refractivity contribution in [2.45, 2.75) is 13.3 Å². The maximum absolute atomic E-state index is 13.1. The Balaban J connectivity index is 1.76. The number of carbonyl (C=O) groups excluding carboxylic acids is 2. The van der Waals surface area contributed by atoms with Gasteiger partial charge in [0.05, 0.1) is 44.2 Å². The van der Waals surface area contributed by atoms with Crippen LogP contribution in [0.3, 0.4) is 0 Å². The number of anilines is 2. The molecule has 1 aliphatic heterocycles. The molecule has 0 saturated heterocycles. The molecule has 1 heterocycles. The van der Waals surface area contributed by atoms with Crippen LogP contribution >= 0.6 is 0 Å². The number of amides is 1. The number of nitrogens with one attached hydrogen (secondary N) is 2. The molecular weight excluding hydrogens is 432 g/mol. The van der Waals surface area contributed by atoms with Gasteiger partial charge >= 0.3 is 5.97 Å². The summed E-state index contributed by atoms with van der Waals surface area (Å²) < 4.78 is 15.9. The third-order valence-corrected chi connectivity index (χ3v) is 5.46. The lowest BCUT2D eigenvalue weighted by Crippen LogP contribution is -2.10. The molecule has 0 spiro atoms. The van der Waals surface area contributed by atoms with Crippen LogP contribution in [0, 0.1) is 0 Å². The average Bonchev–Trinajstić information content (AvgIpc) is 3.17. The van der Waals surface area contributed by atoms with Gasteiger partial charge in [0.2, 0.25) is 0 Å². The molecule has 0 aromatic heterocycles. The summed E-state index contributed by atoms with van der Waals surface area (Å²) in [6, 6.07) is 20.7. The molecular formula is C27H26N2O5. The van der Waals surface area contributed by atoms with Gasteiger partial charge < -0.3 is 24.8 Å². The molecule has 0 bridgehead atoms. The summed E-state index contributed by atoms with van der Waals surface area (Å²) in [7, 11) is 3.12. The van der Waals surface area contributed by atoms with E-state index in [-0.39, 0.29) is 18.3 Å². The van der Waals surface area contributed by atoms with E-state index in [1.54, 1.807) is 33.3 Å². The molecule has 0 unspecified atom stereocenters. The zero-order valence-electron chi connectivity index (χ0n) is 19.3. The maximum atomic E-state index is 13.1. The van der Waals surface area contributed by atoms with Crippen molar-refractivity contribution in [3.8, 4) is 11.5 Å². The van der Waals surface area contributed by atoms with Crippen molar-refractivity contribution in [3.63, 3.8) is 0 Å². The second kappa shape index (κ2) is 10.1. The molecule has 174 valence electrons. The van der Waals surface area contributed by atoms with E-state index in [1.807, 2.05) is 54.6 Å². The van der Waals surface area contributed by atoms with Crippen molar-refractivity contribution < 1.29 is 23.8 Å². The van der Waals surface area contributed by atoms with Crippen molar-refractivity contribution in [1.29, 1.82) is 0 Å². The Kier molecular flexibility index (Phi) is 6.82. The van der Waals surface area contributed by atoms with Crippen LogP contribution in [0.25, 0.3) is 11.3 Å². The summed E-state index contributed by atoms with van der Waals surface area (Å²) in [6.45, 7) is 2.14. The second-order valence-corrected chi connectivity index (χ2v) is 7.63. The van der Waals surface area contributed by atoms with Gasteiger partial charge in [-0.3, -0.25) is 9.59 Å². The van der Waals surface area contributed by atoms with E-state index in [2.05, 4.69) is 10.6 Å². The minimum Gasteiger partial charge on any atom is -0.493 e. The van der Waals surface area contributed by atoms with E-state index >= 15 is 0 Å². The third-order valence-electron chi connectivity index (χ3n) is 5.46. The Morgan fingerprint density at radius 3 is 2.26 bits per heavy atom. The number of ether oxygens (including phenoxy) is 3. The highest BCUT2D eigenvalue weighted by atomic mass is 16.5. The molecule has 4 rings (SSSR count). The van der Waals surface area contributed by atoms with Gasteiger partial charge in [0, 0.05) is 17.3 Å². The number of esters is 1. The predicted octanol–water partition coefficient (Wildman–Crippen LogP) is 4.74. The maximum Gasteiger partial charge on any atom is 0.310 e. The van der Waals surface area contributed by atoms with Gasteiger partial charge in [0.1, 0.15) is 0 Å². The zero-order chi connectivity index (χ0) is 24.1. The molecule has 3 aromatic carbocycles. The largest absolute Gasteiger partial charge is 0.493 e. The number of fused-ring (bicyclic) bond motifs is 1. The number of hydrogen-bond acceptors (Lipinski definition) is 6. The summed E-state index contributed by atoms with van der Waals surface area (Å²) in [5.41, 5.74) is 5.00. The summed E-state index contributed by atoms with van der Waals surface area (Å²) in [5.74, 6) is 0.578. The molecule has 3 aromatic rings. The van der Waals surface area contributed by atoms with Crippen LogP contribution in [-0.2, 0) is 20.7 Å². The highest BCUT2D eigenvalue weighted by Gasteiger charge is 2.30. The first-order chi connectivity index (χ1) is 16.5. The van der Waals surface area contributed by atoms with Crippen LogP contribution in [0.4, 0.5) is 11.4 Å². The van der Waals surface area contributed by atoms with Crippen molar-refractivity contribution >= 4 is 34.5 Å². The van der Waals surface area contributed by atoms with Crippen LogP contribution in [0.5, 0.6) is 11.5 Å². The fourth-order valence-electron chi connectivity index (χ4n) is 3.86. The molecule has 2 N–H and O–H groups in total. The van der Waals surface area contributed by atoms with Crippen molar-refractivity contribution in [1.82, 2.24) is 0 Å². The van der Waals surface area contributed by atoms with Gasteiger partial charge in [-0.2, -0.15) is 0 Å². The van der Waals surface area contributed by atoms with E-state index in [1.165, 1.54) is 0 Å². The molecule has 0 aliphatic carbocycles. The fourth-order valence-corrected chi connectivity index (χ4v) is 3.86.